The fraction of sp³-hybridized carbons (Fsp3) is 0.625. The van der Waals surface area contributed by atoms with Gasteiger partial charge < -0.3 is 19.7 Å². The normalized spacial score (nSPS) is 12.4. The quantitative estimate of drug-likeness (QED) is 0.703. The number of ether oxygens (including phenoxy) is 2. The molecule has 0 spiro atoms. The number of hydrogen-bond acceptors (Lipinski definition) is 4. The van der Waals surface area contributed by atoms with Crippen molar-refractivity contribution in [1.29, 1.82) is 0 Å². The van der Waals surface area contributed by atoms with Crippen molar-refractivity contribution in [2.45, 2.75) is 26.4 Å². The van der Waals surface area contributed by atoms with Gasteiger partial charge in [-0.25, -0.2) is 0 Å². The molecule has 0 heterocycles. The Morgan fingerprint density at radius 1 is 1.25 bits per heavy atom. The van der Waals surface area contributed by atoms with Crippen LogP contribution in [0.3, 0.4) is 0 Å². The number of likely N-dealkylation sites (N-methyl/N-ethyl adjacent to an activating group) is 1. The Morgan fingerprint density at radius 3 is 2.60 bits per heavy atom. The predicted octanol–water partition coefficient (Wildman–Crippen LogP) is 2.20. The molecule has 0 aliphatic heterocycles. The molecular weight excluding hydrogens is 252 g/mol. The second-order valence-corrected chi connectivity index (χ2v) is 5.20. The van der Waals surface area contributed by atoms with E-state index < -0.39 is 0 Å². The number of nitrogens with one attached hydrogen (secondary N) is 1. The van der Waals surface area contributed by atoms with Gasteiger partial charge in [0.25, 0.3) is 0 Å². The van der Waals surface area contributed by atoms with E-state index in [-0.39, 0.29) is 0 Å². The number of rotatable bonds is 9. The van der Waals surface area contributed by atoms with Crippen LogP contribution in [0.4, 0.5) is 5.69 Å². The van der Waals surface area contributed by atoms with Crippen LogP contribution in [-0.2, 0) is 16.0 Å². The van der Waals surface area contributed by atoms with Crippen LogP contribution in [0, 0.1) is 6.92 Å². The Morgan fingerprint density at radius 2 is 2.00 bits per heavy atom. The molecule has 0 radical (unpaired) electrons. The first-order valence-corrected chi connectivity index (χ1v) is 7.11. The number of methoxy groups -OCH3 is 2. The van der Waals surface area contributed by atoms with Crippen molar-refractivity contribution in [2.75, 3.05) is 45.9 Å². The minimum atomic E-state index is 0.366. The molecule has 1 rings (SSSR count). The Hall–Kier alpha value is -1.10. The molecule has 1 atom stereocenters. The lowest BCUT2D eigenvalue weighted by Gasteiger charge is -2.27. The topological polar surface area (TPSA) is 33.7 Å². The highest BCUT2D eigenvalue weighted by Crippen LogP contribution is 2.20. The first-order valence-electron chi connectivity index (χ1n) is 7.11. The van der Waals surface area contributed by atoms with Crippen LogP contribution in [0.1, 0.15) is 18.1 Å². The summed E-state index contributed by atoms with van der Waals surface area (Å²) in [5.41, 5.74) is 3.87. The number of benzene rings is 1. The van der Waals surface area contributed by atoms with Crippen LogP contribution in [0.5, 0.6) is 0 Å². The van der Waals surface area contributed by atoms with Gasteiger partial charge in [-0.1, -0.05) is 6.07 Å². The third kappa shape index (κ3) is 5.12. The van der Waals surface area contributed by atoms with Crippen molar-refractivity contribution < 1.29 is 9.47 Å². The van der Waals surface area contributed by atoms with E-state index >= 15 is 0 Å². The number of aryl methyl sites for hydroxylation is 1. The molecular formula is C16H28N2O2. The largest absolute Gasteiger partial charge is 0.383 e. The zero-order valence-corrected chi connectivity index (χ0v) is 13.4. The Labute approximate surface area is 123 Å². The SMILES string of the molecule is COCCNCc1ccc(N(C)C(C)COC)cc1C. The highest BCUT2D eigenvalue weighted by molar-refractivity contribution is 5.51. The lowest BCUT2D eigenvalue weighted by Crippen LogP contribution is -2.32. The summed E-state index contributed by atoms with van der Waals surface area (Å²) >= 11 is 0. The van der Waals surface area contributed by atoms with Crippen LogP contribution < -0.4 is 10.2 Å². The van der Waals surface area contributed by atoms with E-state index in [2.05, 4.69) is 49.3 Å². The summed E-state index contributed by atoms with van der Waals surface area (Å²) in [6.07, 6.45) is 0. The molecule has 0 fully saturated rings. The summed E-state index contributed by atoms with van der Waals surface area (Å²) in [7, 11) is 5.57. The first-order chi connectivity index (χ1) is 9.60. The maximum Gasteiger partial charge on any atom is 0.0663 e. The first kappa shape index (κ1) is 17.0. The molecule has 0 aliphatic carbocycles. The van der Waals surface area contributed by atoms with Gasteiger partial charge in [-0.05, 0) is 37.1 Å². The van der Waals surface area contributed by atoms with Crippen LogP contribution in [0.25, 0.3) is 0 Å². The molecule has 1 unspecified atom stereocenters. The van der Waals surface area contributed by atoms with Crippen LogP contribution >= 0.6 is 0 Å². The molecule has 1 aromatic rings. The minimum absolute atomic E-state index is 0.366. The van der Waals surface area contributed by atoms with Gasteiger partial charge >= 0.3 is 0 Å². The van der Waals surface area contributed by atoms with Crippen molar-refractivity contribution in [1.82, 2.24) is 5.32 Å². The fourth-order valence-electron chi connectivity index (χ4n) is 2.10. The Kier molecular flexibility index (Phi) is 7.59. The molecule has 0 saturated carbocycles. The summed E-state index contributed by atoms with van der Waals surface area (Å²) in [6, 6.07) is 6.97. The van der Waals surface area contributed by atoms with Crippen molar-refractivity contribution in [3.63, 3.8) is 0 Å². The minimum Gasteiger partial charge on any atom is -0.383 e. The van der Waals surface area contributed by atoms with E-state index in [1.165, 1.54) is 16.8 Å². The van der Waals surface area contributed by atoms with Crippen LogP contribution in [0.2, 0.25) is 0 Å². The van der Waals surface area contributed by atoms with Crippen molar-refractivity contribution in [3.8, 4) is 0 Å². The zero-order valence-electron chi connectivity index (χ0n) is 13.4. The van der Waals surface area contributed by atoms with E-state index in [0.29, 0.717) is 6.04 Å². The lowest BCUT2D eigenvalue weighted by atomic mass is 10.1. The molecule has 0 amide bonds. The molecule has 114 valence electrons. The molecule has 0 bridgehead atoms. The zero-order chi connectivity index (χ0) is 15.0. The van der Waals surface area contributed by atoms with Crippen LogP contribution in [-0.4, -0.2) is 47.1 Å². The molecule has 0 aliphatic rings. The highest BCUT2D eigenvalue weighted by Gasteiger charge is 2.10. The Bertz CT molecular complexity index is 396. The lowest BCUT2D eigenvalue weighted by molar-refractivity contribution is 0.183. The average molecular weight is 280 g/mol. The molecule has 0 saturated heterocycles. The number of nitrogens with zero attached hydrogens (tertiary/aromatic N) is 1. The second kappa shape index (κ2) is 8.95. The van der Waals surface area contributed by atoms with Gasteiger partial charge in [-0.3, -0.25) is 0 Å². The van der Waals surface area contributed by atoms with E-state index in [9.17, 15) is 0 Å². The summed E-state index contributed by atoms with van der Waals surface area (Å²) in [5, 5.41) is 3.38. The fourth-order valence-corrected chi connectivity index (χ4v) is 2.10. The van der Waals surface area contributed by atoms with Gasteiger partial charge in [-0.2, -0.15) is 0 Å². The molecule has 4 nitrogen and oxygen atoms in total. The second-order valence-electron chi connectivity index (χ2n) is 5.20. The van der Waals surface area contributed by atoms with E-state index in [1.54, 1.807) is 14.2 Å². The maximum absolute atomic E-state index is 5.21. The molecule has 1 aromatic carbocycles. The molecule has 0 aromatic heterocycles. The standard InChI is InChI=1S/C16H28N2O2/c1-13-10-16(18(3)14(2)12-20-5)7-6-15(13)11-17-8-9-19-4/h6-7,10,14,17H,8-9,11-12H2,1-5H3. The van der Waals surface area contributed by atoms with Gasteiger partial charge in [0.05, 0.1) is 13.2 Å². The van der Waals surface area contributed by atoms with Crippen molar-refractivity contribution in [2.24, 2.45) is 0 Å². The van der Waals surface area contributed by atoms with E-state index in [1.807, 2.05) is 0 Å². The van der Waals surface area contributed by atoms with Gasteiger partial charge in [-0.15, -0.1) is 0 Å². The summed E-state index contributed by atoms with van der Waals surface area (Å²) < 4.78 is 10.2. The monoisotopic (exact) mass is 280 g/mol. The highest BCUT2D eigenvalue weighted by atomic mass is 16.5. The molecule has 1 N–H and O–H groups in total. The van der Waals surface area contributed by atoms with E-state index in [4.69, 9.17) is 9.47 Å². The van der Waals surface area contributed by atoms with E-state index in [0.717, 1.165) is 26.3 Å². The summed E-state index contributed by atoms with van der Waals surface area (Å²) in [4.78, 5) is 2.25. The average Bonchev–Trinajstić information content (AvgIpc) is 2.44. The number of anilines is 1. The third-order valence-electron chi connectivity index (χ3n) is 3.60. The predicted molar refractivity (Wildman–Crippen MR) is 84.5 cm³/mol. The molecule has 20 heavy (non-hydrogen) atoms. The summed E-state index contributed by atoms with van der Waals surface area (Å²) in [5.74, 6) is 0. The van der Waals surface area contributed by atoms with Gasteiger partial charge in [0, 0.05) is 46.1 Å². The van der Waals surface area contributed by atoms with Gasteiger partial charge in [0.2, 0.25) is 0 Å². The molecule has 4 heteroatoms. The smallest absolute Gasteiger partial charge is 0.0663 e. The van der Waals surface area contributed by atoms with Crippen molar-refractivity contribution >= 4 is 5.69 Å². The maximum atomic E-state index is 5.21. The number of hydrogen-bond donors (Lipinski definition) is 1. The van der Waals surface area contributed by atoms with Gasteiger partial charge in [0.15, 0.2) is 0 Å². The Balaban J connectivity index is 2.62. The third-order valence-corrected chi connectivity index (χ3v) is 3.60. The van der Waals surface area contributed by atoms with Crippen molar-refractivity contribution in [3.05, 3.63) is 29.3 Å². The van der Waals surface area contributed by atoms with Crippen LogP contribution in [0.15, 0.2) is 18.2 Å². The van der Waals surface area contributed by atoms with Gasteiger partial charge in [0.1, 0.15) is 0 Å². The summed E-state index contributed by atoms with van der Waals surface area (Å²) in [6.45, 7) is 7.56.